The molecule has 0 bridgehead atoms. The van der Waals surface area contributed by atoms with Gasteiger partial charge in [-0.2, -0.15) is 0 Å². The lowest BCUT2D eigenvalue weighted by atomic mass is 10.2. The summed E-state index contributed by atoms with van der Waals surface area (Å²) < 4.78 is 6.55. The molecule has 1 N–H and O–H groups in total. The molecule has 28 heavy (non-hydrogen) atoms. The summed E-state index contributed by atoms with van der Waals surface area (Å²) in [6, 6.07) is 5.50. The molecule has 0 unspecified atom stereocenters. The van der Waals surface area contributed by atoms with Gasteiger partial charge in [0.05, 0.1) is 11.1 Å². The van der Waals surface area contributed by atoms with Gasteiger partial charge in [-0.15, -0.1) is 11.3 Å². The van der Waals surface area contributed by atoms with Crippen molar-refractivity contribution < 1.29 is 9.53 Å². The summed E-state index contributed by atoms with van der Waals surface area (Å²) >= 11 is 19.4. The number of nitrogens with zero attached hydrogens (tertiary/aromatic N) is 2. The number of fused-ring (bicyclic) bond motifs is 1. The standard InChI is InChI=1S/C19H21Cl2N3O2S2/c20-12-3-4-14-15(10-12)28-17(16(14)21)18(25)23-5-7-24(8-6-23)19(27)22-11-13-2-1-9-26-13/h3-4,10,13H,1-2,5-9,11H2,(H,22,27)/t13-/m0/s1. The molecule has 0 radical (unpaired) electrons. The molecule has 2 aliphatic heterocycles. The number of hydrogen-bond donors (Lipinski definition) is 1. The second-order valence-electron chi connectivity index (χ2n) is 6.99. The van der Waals surface area contributed by atoms with E-state index in [0.717, 1.165) is 41.2 Å². The first-order valence-corrected chi connectivity index (χ1v) is 11.3. The van der Waals surface area contributed by atoms with Gasteiger partial charge in [-0.3, -0.25) is 4.79 Å². The lowest BCUT2D eigenvalue weighted by Gasteiger charge is -2.36. The third kappa shape index (κ3) is 4.24. The fraction of sp³-hybridized carbons (Fsp3) is 0.474. The van der Waals surface area contributed by atoms with Gasteiger partial charge in [-0.05, 0) is 37.2 Å². The molecule has 150 valence electrons. The van der Waals surface area contributed by atoms with Crippen molar-refractivity contribution in [1.82, 2.24) is 15.1 Å². The highest BCUT2D eigenvalue weighted by atomic mass is 35.5. The van der Waals surface area contributed by atoms with E-state index < -0.39 is 0 Å². The smallest absolute Gasteiger partial charge is 0.265 e. The Labute approximate surface area is 183 Å². The molecule has 2 fully saturated rings. The van der Waals surface area contributed by atoms with Crippen molar-refractivity contribution in [3.05, 3.63) is 33.1 Å². The fourth-order valence-corrected chi connectivity index (χ4v) is 5.57. The van der Waals surface area contributed by atoms with E-state index in [-0.39, 0.29) is 12.0 Å². The normalized spacial score (nSPS) is 20.0. The minimum absolute atomic E-state index is 0.0276. The summed E-state index contributed by atoms with van der Waals surface area (Å²) in [7, 11) is 0. The monoisotopic (exact) mass is 457 g/mol. The summed E-state index contributed by atoms with van der Waals surface area (Å²) in [6.07, 6.45) is 2.45. The molecule has 0 spiro atoms. The SMILES string of the molecule is O=C(c1sc2cc(Cl)ccc2c1Cl)N1CCN(C(=S)NC[C@@H]2CCCO2)CC1. The molecule has 4 rings (SSSR count). The van der Waals surface area contributed by atoms with Crippen LogP contribution in [0.25, 0.3) is 10.1 Å². The van der Waals surface area contributed by atoms with E-state index >= 15 is 0 Å². The summed E-state index contributed by atoms with van der Waals surface area (Å²) in [5.74, 6) is -0.0276. The molecule has 0 aliphatic carbocycles. The van der Waals surface area contributed by atoms with E-state index in [1.807, 2.05) is 17.0 Å². The molecule has 0 saturated carbocycles. The molecule has 2 saturated heterocycles. The number of carbonyl (C=O) groups excluding carboxylic acids is 1. The first-order valence-electron chi connectivity index (χ1n) is 9.34. The lowest BCUT2D eigenvalue weighted by Crippen LogP contribution is -2.53. The first kappa shape index (κ1) is 20.2. The number of ether oxygens (including phenoxy) is 1. The molecule has 5 nitrogen and oxygen atoms in total. The molecule has 1 aromatic carbocycles. The molecule has 1 atom stereocenters. The van der Waals surface area contributed by atoms with Gasteiger partial charge in [0.2, 0.25) is 0 Å². The molecule has 1 amide bonds. The quantitative estimate of drug-likeness (QED) is 0.705. The van der Waals surface area contributed by atoms with E-state index in [2.05, 4.69) is 10.2 Å². The number of halogens is 2. The number of benzene rings is 1. The van der Waals surface area contributed by atoms with Crippen molar-refractivity contribution in [3.8, 4) is 0 Å². The summed E-state index contributed by atoms with van der Waals surface area (Å²) in [5, 5.41) is 6.06. The minimum atomic E-state index is -0.0276. The Bertz CT molecular complexity index is 891. The van der Waals surface area contributed by atoms with E-state index in [0.29, 0.717) is 41.1 Å². The highest BCUT2D eigenvalue weighted by Gasteiger charge is 2.27. The molecular weight excluding hydrogens is 437 g/mol. The van der Waals surface area contributed by atoms with Crippen LogP contribution in [-0.4, -0.2) is 66.3 Å². The summed E-state index contributed by atoms with van der Waals surface area (Å²) in [4.78, 5) is 17.5. The maximum atomic E-state index is 13.0. The van der Waals surface area contributed by atoms with Gasteiger partial charge < -0.3 is 19.9 Å². The number of thiocarbonyl (C=S) groups is 1. The Morgan fingerprint density at radius 1 is 1.25 bits per heavy atom. The second kappa shape index (κ2) is 8.71. The number of rotatable bonds is 3. The summed E-state index contributed by atoms with van der Waals surface area (Å²) in [5.41, 5.74) is 0. The Hall–Kier alpha value is -1.12. The van der Waals surface area contributed by atoms with Gasteiger partial charge >= 0.3 is 0 Å². The minimum Gasteiger partial charge on any atom is -0.376 e. The molecule has 1 aromatic heterocycles. The van der Waals surface area contributed by atoms with Crippen LogP contribution in [0.4, 0.5) is 0 Å². The molecular formula is C19H21Cl2N3O2S2. The van der Waals surface area contributed by atoms with Gasteiger partial charge in [0.1, 0.15) is 4.88 Å². The zero-order valence-corrected chi connectivity index (χ0v) is 18.4. The van der Waals surface area contributed by atoms with Crippen LogP contribution in [0.15, 0.2) is 18.2 Å². The zero-order valence-electron chi connectivity index (χ0n) is 15.2. The predicted octanol–water partition coefficient (Wildman–Crippen LogP) is 4.02. The van der Waals surface area contributed by atoms with Gasteiger partial charge in [0.25, 0.3) is 5.91 Å². The number of carbonyl (C=O) groups is 1. The van der Waals surface area contributed by atoms with Crippen LogP contribution in [0.5, 0.6) is 0 Å². The van der Waals surface area contributed by atoms with Gasteiger partial charge in [0.15, 0.2) is 5.11 Å². The van der Waals surface area contributed by atoms with Crippen molar-refractivity contribution in [3.63, 3.8) is 0 Å². The van der Waals surface area contributed by atoms with E-state index in [1.165, 1.54) is 11.3 Å². The highest BCUT2D eigenvalue weighted by molar-refractivity contribution is 7.80. The Morgan fingerprint density at radius 2 is 2.00 bits per heavy atom. The van der Waals surface area contributed by atoms with E-state index in [4.69, 9.17) is 40.2 Å². The molecule has 2 aliphatic rings. The van der Waals surface area contributed by atoms with E-state index in [1.54, 1.807) is 6.07 Å². The van der Waals surface area contributed by atoms with Crippen LogP contribution < -0.4 is 5.32 Å². The number of piperazine rings is 1. The van der Waals surface area contributed by atoms with Crippen LogP contribution in [0.1, 0.15) is 22.5 Å². The van der Waals surface area contributed by atoms with Crippen LogP contribution in [0, 0.1) is 0 Å². The van der Waals surface area contributed by atoms with Gasteiger partial charge in [0, 0.05) is 54.4 Å². The zero-order chi connectivity index (χ0) is 19.7. The van der Waals surface area contributed by atoms with Crippen LogP contribution in [0.2, 0.25) is 10.0 Å². The van der Waals surface area contributed by atoms with Crippen LogP contribution >= 0.6 is 46.8 Å². The average molecular weight is 458 g/mol. The highest BCUT2D eigenvalue weighted by Crippen LogP contribution is 2.37. The Morgan fingerprint density at radius 3 is 2.71 bits per heavy atom. The number of hydrogen-bond acceptors (Lipinski definition) is 4. The number of thiophene rings is 1. The third-order valence-electron chi connectivity index (χ3n) is 5.14. The van der Waals surface area contributed by atoms with Crippen LogP contribution in [-0.2, 0) is 4.74 Å². The molecule has 9 heteroatoms. The number of amides is 1. The van der Waals surface area contributed by atoms with Gasteiger partial charge in [-0.25, -0.2) is 0 Å². The fourth-order valence-electron chi connectivity index (χ4n) is 3.55. The van der Waals surface area contributed by atoms with Crippen molar-refractivity contribution in [2.45, 2.75) is 18.9 Å². The van der Waals surface area contributed by atoms with Crippen molar-refractivity contribution >= 4 is 67.9 Å². The predicted molar refractivity (Wildman–Crippen MR) is 119 cm³/mol. The molecule has 3 heterocycles. The topological polar surface area (TPSA) is 44.8 Å². The van der Waals surface area contributed by atoms with Crippen molar-refractivity contribution in [1.29, 1.82) is 0 Å². The maximum absolute atomic E-state index is 13.0. The average Bonchev–Trinajstić information content (AvgIpc) is 3.33. The second-order valence-corrected chi connectivity index (χ2v) is 9.24. The lowest BCUT2D eigenvalue weighted by molar-refractivity contribution is 0.0695. The maximum Gasteiger partial charge on any atom is 0.265 e. The Balaban J connectivity index is 1.35. The van der Waals surface area contributed by atoms with Crippen LogP contribution in [0.3, 0.4) is 0 Å². The van der Waals surface area contributed by atoms with E-state index in [9.17, 15) is 4.79 Å². The van der Waals surface area contributed by atoms with Crippen molar-refractivity contribution in [2.24, 2.45) is 0 Å². The van der Waals surface area contributed by atoms with Gasteiger partial charge in [-0.1, -0.05) is 29.3 Å². The summed E-state index contributed by atoms with van der Waals surface area (Å²) in [6.45, 7) is 4.23. The Kier molecular flexibility index (Phi) is 6.27. The van der Waals surface area contributed by atoms with Crippen molar-refractivity contribution in [2.75, 3.05) is 39.3 Å². The molecule has 2 aromatic rings. The number of nitrogens with one attached hydrogen (secondary N) is 1. The third-order valence-corrected chi connectivity index (χ3v) is 7.43. The largest absolute Gasteiger partial charge is 0.376 e. The first-order chi connectivity index (χ1) is 13.5.